The van der Waals surface area contributed by atoms with Gasteiger partial charge in [0.25, 0.3) is 0 Å². The second-order valence-electron chi connectivity index (χ2n) is 4.47. The zero-order valence-corrected chi connectivity index (χ0v) is 10.7. The molecule has 4 heteroatoms. The van der Waals surface area contributed by atoms with Crippen molar-refractivity contribution < 1.29 is 14.3 Å². The van der Waals surface area contributed by atoms with Crippen molar-refractivity contribution in [2.75, 3.05) is 26.8 Å². The van der Waals surface area contributed by atoms with Gasteiger partial charge in [0.15, 0.2) is 0 Å². The Morgan fingerprint density at radius 3 is 2.89 bits per heavy atom. The summed E-state index contributed by atoms with van der Waals surface area (Å²) in [5.41, 5.74) is 0. The first-order valence-corrected chi connectivity index (χ1v) is 6.28. The Labute approximate surface area is 107 Å². The van der Waals surface area contributed by atoms with Crippen LogP contribution in [0.5, 0.6) is 5.75 Å². The predicted molar refractivity (Wildman–Crippen MR) is 68.5 cm³/mol. The van der Waals surface area contributed by atoms with Crippen LogP contribution in [0.3, 0.4) is 0 Å². The smallest absolute Gasteiger partial charge is 0.319 e. The van der Waals surface area contributed by atoms with Gasteiger partial charge in [-0.05, 0) is 31.5 Å². The number of ether oxygens (including phenoxy) is 2. The first kappa shape index (κ1) is 12.9. The van der Waals surface area contributed by atoms with Gasteiger partial charge in [-0.25, -0.2) is 0 Å². The molecule has 1 aromatic carbocycles. The molecule has 1 aliphatic rings. The van der Waals surface area contributed by atoms with Crippen LogP contribution in [0.15, 0.2) is 30.3 Å². The van der Waals surface area contributed by atoms with Crippen molar-refractivity contribution in [2.24, 2.45) is 0 Å². The molecule has 98 valence electrons. The molecule has 0 amide bonds. The van der Waals surface area contributed by atoms with E-state index in [2.05, 4.69) is 4.90 Å². The molecule has 1 saturated heterocycles. The molecule has 4 nitrogen and oxygen atoms in total. The van der Waals surface area contributed by atoms with Crippen LogP contribution < -0.4 is 4.74 Å². The highest BCUT2D eigenvalue weighted by Gasteiger charge is 2.26. The Morgan fingerprint density at radius 2 is 2.17 bits per heavy atom. The molecule has 0 aromatic heterocycles. The molecule has 18 heavy (non-hydrogen) atoms. The molecular weight excluding hydrogens is 230 g/mol. The Morgan fingerprint density at radius 1 is 1.39 bits per heavy atom. The average Bonchev–Trinajstić information content (AvgIpc) is 2.84. The van der Waals surface area contributed by atoms with Crippen molar-refractivity contribution in [3.8, 4) is 5.75 Å². The van der Waals surface area contributed by atoms with Crippen molar-refractivity contribution in [2.45, 2.75) is 18.9 Å². The predicted octanol–water partition coefficient (Wildman–Crippen LogP) is 1.70. The number of rotatable bonds is 5. The Hall–Kier alpha value is -1.55. The Bertz CT molecular complexity index is 380. The normalized spacial score (nSPS) is 19.7. The summed E-state index contributed by atoms with van der Waals surface area (Å²) in [4.78, 5) is 13.4. The zero-order valence-electron chi connectivity index (χ0n) is 10.7. The molecule has 0 radical (unpaired) electrons. The highest BCUT2D eigenvalue weighted by molar-refractivity contribution is 5.71. The van der Waals surface area contributed by atoms with Crippen LogP contribution in [0.2, 0.25) is 0 Å². The number of likely N-dealkylation sites (tertiary alicyclic amines) is 1. The molecule has 0 saturated carbocycles. The van der Waals surface area contributed by atoms with E-state index >= 15 is 0 Å². The third-order valence-electron chi connectivity index (χ3n) is 3.24. The van der Waals surface area contributed by atoms with Gasteiger partial charge in [-0.1, -0.05) is 18.2 Å². The number of esters is 1. The highest BCUT2D eigenvalue weighted by atomic mass is 16.5. The van der Waals surface area contributed by atoms with Gasteiger partial charge in [-0.2, -0.15) is 0 Å². The summed E-state index contributed by atoms with van der Waals surface area (Å²) in [5, 5.41) is 0. The summed E-state index contributed by atoms with van der Waals surface area (Å²) in [7, 11) is 1.42. The van der Waals surface area contributed by atoms with Crippen LogP contribution in [-0.2, 0) is 9.53 Å². The molecule has 1 heterocycles. The van der Waals surface area contributed by atoms with Crippen molar-refractivity contribution >= 4 is 5.97 Å². The molecule has 0 bridgehead atoms. The van der Waals surface area contributed by atoms with Gasteiger partial charge in [-0.3, -0.25) is 9.69 Å². The van der Waals surface area contributed by atoms with Gasteiger partial charge in [0.05, 0.1) is 13.7 Å². The molecule has 1 aromatic rings. The number of para-hydroxylation sites is 1. The standard InChI is InChI=1S/C14H19NO3/c1-17-14(16)10-15-9-5-6-12(15)11-18-13-7-3-2-4-8-13/h2-4,7-8,12H,5-6,9-11H2,1H3/t12-/m1/s1. The first-order chi connectivity index (χ1) is 8.79. The molecule has 1 aliphatic heterocycles. The number of nitrogens with zero attached hydrogens (tertiary/aromatic N) is 1. The second kappa shape index (κ2) is 6.40. The van der Waals surface area contributed by atoms with Crippen molar-refractivity contribution in [3.63, 3.8) is 0 Å². The number of hydrogen-bond donors (Lipinski definition) is 0. The van der Waals surface area contributed by atoms with E-state index < -0.39 is 0 Å². The monoisotopic (exact) mass is 249 g/mol. The minimum absolute atomic E-state index is 0.179. The molecule has 2 rings (SSSR count). The van der Waals surface area contributed by atoms with E-state index in [4.69, 9.17) is 9.47 Å². The minimum atomic E-state index is -0.179. The number of carbonyl (C=O) groups is 1. The fraction of sp³-hybridized carbons (Fsp3) is 0.500. The van der Waals surface area contributed by atoms with Crippen LogP contribution in [0.4, 0.5) is 0 Å². The van der Waals surface area contributed by atoms with E-state index in [1.807, 2.05) is 30.3 Å². The highest BCUT2D eigenvalue weighted by Crippen LogP contribution is 2.18. The van der Waals surface area contributed by atoms with Crippen LogP contribution in [0, 0.1) is 0 Å². The molecule has 1 atom stereocenters. The van der Waals surface area contributed by atoms with E-state index in [1.54, 1.807) is 0 Å². The van der Waals surface area contributed by atoms with E-state index in [9.17, 15) is 4.79 Å². The maximum absolute atomic E-state index is 11.3. The van der Waals surface area contributed by atoms with E-state index in [0.29, 0.717) is 19.2 Å². The summed E-state index contributed by atoms with van der Waals surface area (Å²) in [5.74, 6) is 0.698. The lowest BCUT2D eigenvalue weighted by Crippen LogP contribution is -2.38. The lowest BCUT2D eigenvalue weighted by molar-refractivity contribution is -0.142. The summed E-state index contributed by atoms with van der Waals surface area (Å²) in [6, 6.07) is 10.1. The van der Waals surface area contributed by atoms with Gasteiger partial charge in [-0.15, -0.1) is 0 Å². The van der Waals surface area contributed by atoms with E-state index in [1.165, 1.54) is 7.11 Å². The summed E-state index contributed by atoms with van der Waals surface area (Å²) >= 11 is 0. The van der Waals surface area contributed by atoms with Crippen LogP contribution >= 0.6 is 0 Å². The SMILES string of the molecule is COC(=O)CN1CCC[C@@H]1COc1ccccc1. The van der Waals surface area contributed by atoms with Gasteiger partial charge < -0.3 is 9.47 Å². The Kier molecular flexibility index (Phi) is 4.59. The third kappa shape index (κ3) is 3.47. The van der Waals surface area contributed by atoms with Crippen LogP contribution in [0.1, 0.15) is 12.8 Å². The maximum Gasteiger partial charge on any atom is 0.319 e. The maximum atomic E-state index is 11.3. The van der Waals surface area contributed by atoms with Crippen LogP contribution in [-0.4, -0.2) is 43.7 Å². The quantitative estimate of drug-likeness (QED) is 0.745. The van der Waals surface area contributed by atoms with Crippen LogP contribution in [0.25, 0.3) is 0 Å². The topological polar surface area (TPSA) is 38.8 Å². The summed E-state index contributed by atoms with van der Waals surface area (Å²) in [6.07, 6.45) is 2.18. The largest absolute Gasteiger partial charge is 0.492 e. The first-order valence-electron chi connectivity index (χ1n) is 6.28. The Balaban J connectivity index is 1.83. The van der Waals surface area contributed by atoms with E-state index in [0.717, 1.165) is 25.1 Å². The van der Waals surface area contributed by atoms with Gasteiger partial charge in [0.1, 0.15) is 12.4 Å². The van der Waals surface area contributed by atoms with Gasteiger partial charge in [0.2, 0.25) is 0 Å². The third-order valence-corrected chi connectivity index (χ3v) is 3.24. The van der Waals surface area contributed by atoms with Crippen molar-refractivity contribution in [1.29, 1.82) is 0 Å². The van der Waals surface area contributed by atoms with Crippen molar-refractivity contribution in [1.82, 2.24) is 4.90 Å². The molecule has 0 unspecified atom stereocenters. The molecule has 0 aliphatic carbocycles. The lowest BCUT2D eigenvalue weighted by atomic mass is 10.2. The number of hydrogen-bond acceptors (Lipinski definition) is 4. The zero-order chi connectivity index (χ0) is 12.8. The number of benzene rings is 1. The molecular formula is C14H19NO3. The summed E-state index contributed by atoms with van der Waals surface area (Å²) < 4.78 is 10.4. The number of methoxy groups -OCH3 is 1. The fourth-order valence-corrected chi connectivity index (χ4v) is 2.23. The van der Waals surface area contributed by atoms with Gasteiger partial charge >= 0.3 is 5.97 Å². The molecule has 0 N–H and O–H groups in total. The minimum Gasteiger partial charge on any atom is -0.492 e. The van der Waals surface area contributed by atoms with E-state index in [-0.39, 0.29) is 5.97 Å². The fourth-order valence-electron chi connectivity index (χ4n) is 2.23. The van der Waals surface area contributed by atoms with Gasteiger partial charge in [0, 0.05) is 6.04 Å². The summed E-state index contributed by atoms with van der Waals surface area (Å²) in [6.45, 7) is 1.93. The molecule has 1 fully saturated rings. The molecule has 0 spiro atoms. The average molecular weight is 249 g/mol. The lowest BCUT2D eigenvalue weighted by Gasteiger charge is -2.23. The second-order valence-corrected chi connectivity index (χ2v) is 4.47. The van der Waals surface area contributed by atoms with Crippen molar-refractivity contribution in [3.05, 3.63) is 30.3 Å². The number of carbonyl (C=O) groups excluding carboxylic acids is 1.